The number of carbonyl (C=O) groups excluding carboxylic acids is 1. The summed E-state index contributed by atoms with van der Waals surface area (Å²) in [6, 6.07) is 10.6. The van der Waals surface area contributed by atoms with E-state index in [9.17, 15) is 13.2 Å². The van der Waals surface area contributed by atoms with E-state index < -0.39 is 15.9 Å². The lowest BCUT2D eigenvalue weighted by molar-refractivity contribution is 0.0943. The van der Waals surface area contributed by atoms with Crippen molar-refractivity contribution in [2.75, 3.05) is 6.26 Å². The lowest BCUT2D eigenvalue weighted by Gasteiger charge is -2.18. The maximum Gasteiger partial charge on any atom is 0.257 e. The van der Waals surface area contributed by atoms with Crippen LogP contribution in [-0.4, -0.2) is 31.6 Å². The standard InChI is InChI=1S/C23H28N2O4S/c1-16-15-20(22(26)24-17(2)13-14-30(3,27)28)23(29-19-11-5-4-6-12-19)25-21(16)18-9-7-8-10-18/h4-6,11-15,17-18H,7-10H2,1-3H3,(H,24,26). The summed E-state index contributed by atoms with van der Waals surface area (Å²) in [6.45, 7) is 3.68. The third-order valence-corrected chi connectivity index (χ3v) is 5.79. The molecule has 1 saturated carbocycles. The van der Waals surface area contributed by atoms with Gasteiger partial charge in [0.15, 0.2) is 9.84 Å². The van der Waals surface area contributed by atoms with Crippen molar-refractivity contribution in [3.05, 3.63) is 64.7 Å². The summed E-state index contributed by atoms with van der Waals surface area (Å²) in [7, 11) is -3.26. The molecule has 0 bridgehead atoms. The Hall–Kier alpha value is -2.67. The molecule has 1 fully saturated rings. The van der Waals surface area contributed by atoms with Crippen LogP contribution in [0.3, 0.4) is 0 Å². The number of nitrogens with one attached hydrogen (secondary N) is 1. The highest BCUT2D eigenvalue weighted by Gasteiger charge is 2.25. The largest absolute Gasteiger partial charge is 0.438 e. The zero-order valence-corrected chi connectivity index (χ0v) is 18.4. The molecular formula is C23H28N2O4S. The molecule has 0 spiro atoms. The van der Waals surface area contributed by atoms with Crippen molar-refractivity contribution in [2.24, 2.45) is 0 Å². The number of amides is 1. The molecule has 1 N–H and O–H groups in total. The fourth-order valence-electron chi connectivity index (χ4n) is 3.66. The molecule has 1 unspecified atom stereocenters. The summed E-state index contributed by atoms with van der Waals surface area (Å²) in [4.78, 5) is 17.7. The topological polar surface area (TPSA) is 85.4 Å². The molecule has 160 valence electrons. The second-order valence-electron chi connectivity index (χ2n) is 7.86. The number of hydrogen-bond acceptors (Lipinski definition) is 5. The zero-order chi connectivity index (χ0) is 21.7. The van der Waals surface area contributed by atoms with Gasteiger partial charge in [-0.05, 0) is 50.5 Å². The lowest BCUT2D eigenvalue weighted by Crippen LogP contribution is -2.31. The highest BCUT2D eigenvalue weighted by molar-refractivity contribution is 7.93. The number of aromatic nitrogens is 1. The van der Waals surface area contributed by atoms with Gasteiger partial charge >= 0.3 is 0 Å². The number of benzene rings is 1. The Balaban J connectivity index is 1.92. The third kappa shape index (κ3) is 5.92. The zero-order valence-electron chi connectivity index (χ0n) is 17.6. The van der Waals surface area contributed by atoms with Crippen LogP contribution in [0.4, 0.5) is 0 Å². The Morgan fingerprint density at radius 3 is 2.53 bits per heavy atom. The van der Waals surface area contributed by atoms with E-state index in [1.165, 1.54) is 18.9 Å². The van der Waals surface area contributed by atoms with E-state index in [-0.39, 0.29) is 11.8 Å². The van der Waals surface area contributed by atoms with Crippen LogP contribution in [0, 0.1) is 6.92 Å². The SMILES string of the molecule is Cc1cc(C(=O)NC(C)C=CS(C)(=O)=O)c(Oc2ccccc2)nc1C1CCCC1. The summed E-state index contributed by atoms with van der Waals surface area (Å²) < 4.78 is 28.7. The minimum Gasteiger partial charge on any atom is -0.438 e. The van der Waals surface area contributed by atoms with Crippen LogP contribution < -0.4 is 10.1 Å². The van der Waals surface area contributed by atoms with Gasteiger partial charge in [0.25, 0.3) is 5.91 Å². The molecule has 2 aromatic rings. The molecular weight excluding hydrogens is 400 g/mol. The van der Waals surface area contributed by atoms with Crippen LogP contribution in [0.5, 0.6) is 11.6 Å². The normalized spacial score (nSPS) is 16.0. The van der Waals surface area contributed by atoms with Crippen molar-refractivity contribution in [2.45, 2.75) is 51.5 Å². The lowest BCUT2D eigenvalue weighted by atomic mass is 9.98. The van der Waals surface area contributed by atoms with Crippen LogP contribution in [-0.2, 0) is 9.84 Å². The van der Waals surface area contributed by atoms with Gasteiger partial charge in [0.2, 0.25) is 5.88 Å². The van der Waals surface area contributed by atoms with E-state index >= 15 is 0 Å². The van der Waals surface area contributed by atoms with E-state index in [0.29, 0.717) is 17.2 Å². The average Bonchev–Trinajstić information content (AvgIpc) is 3.22. The van der Waals surface area contributed by atoms with Crippen molar-refractivity contribution >= 4 is 15.7 Å². The molecule has 1 aliphatic carbocycles. The van der Waals surface area contributed by atoms with Crippen LogP contribution in [0.2, 0.25) is 0 Å². The van der Waals surface area contributed by atoms with Crippen molar-refractivity contribution in [1.82, 2.24) is 10.3 Å². The number of nitrogens with zero attached hydrogens (tertiary/aromatic N) is 1. The highest BCUT2D eigenvalue weighted by Crippen LogP contribution is 2.37. The number of sulfone groups is 1. The summed E-state index contributed by atoms with van der Waals surface area (Å²) in [6.07, 6.45) is 7.12. The minimum atomic E-state index is -3.26. The predicted octanol–water partition coefficient (Wildman–Crippen LogP) is 4.52. The minimum absolute atomic E-state index is 0.269. The van der Waals surface area contributed by atoms with Gasteiger partial charge in [0.1, 0.15) is 11.3 Å². The van der Waals surface area contributed by atoms with Crippen molar-refractivity contribution in [3.63, 3.8) is 0 Å². The molecule has 0 radical (unpaired) electrons. The third-order valence-electron chi connectivity index (χ3n) is 5.13. The van der Waals surface area contributed by atoms with Crippen LogP contribution in [0.15, 0.2) is 47.9 Å². The van der Waals surface area contributed by atoms with Gasteiger partial charge in [-0.25, -0.2) is 13.4 Å². The van der Waals surface area contributed by atoms with E-state index in [2.05, 4.69) is 5.32 Å². The molecule has 1 atom stereocenters. The Labute approximate surface area is 178 Å². The predicted molar refractivity (Wildman–Crippen MR) is 118 cm³/mol. The van der Waals surface area contributed by atoms with Gasteiger partial charge in [0.05, 0.1) is 5.69 Å². The number of para-hydroxylation sites is 1. The summed E-state index contributed by atoms with van der Waals surface area (Å²) in [5, 5.41) is 3.89. The second kappa shape index (κ2) is 9.43. The van der Waals surface area contributed by atoms with E-state index in [1.807, 2.05) is 43.3 Å². The molecule has 1 aromatic heterocycles. The molecule has 0 saturated heterocycles. The monoisotopic (exact) mass is 428 g/mol. The van der Waals surface area contributed by atoms with Crippen LogP contribution >= 0.6 is 0 Å². The number of pyridine rings is 1. The molecule has 7 heteroatoms. The number of carbonyl (C=O) groups is 1. The first-order chi connectivity index (χ1) is 14.2. The Kier molecular flexibility index (Phi) is 6.92. The quantitative estimate of drug-likeness (QED) is 0.701. The van der Waals surface area contributed by atoms with E-state index in [0.717, 1.165) is 35.8 Å². The van der Waals surface area contributed by atoms with Crippen LogP contribution in [0.25, 0.3) is 0 Å². The molecule has 1 amide bonds. The molecule has 1 heterocycles. The first-order valence-corrected chi connectivity index (χ1v) is 12.1. The smallest absolute Gasteiger partial charge is 0.257 e. The van der Waals surface area contributed by atoms with Crippen LogP contribution in [0.1, 0.15) is 60.1 Å². The van der Waals surface area contributed by atoms with Crippen molar-refractivity contribution < 1.29 is 17.9 Å². The van der Waals surface area contributed by atoms with Crippen molar-refractivity contribution in [1.29, 1.82) is 0 Å². The summed E-state index contributed by atoms with van der Waals surface area (Å²) >= 11 is 0. The molecule has 30 heavy (non-hydrogen) atoms. The maximum absolute atomic E-state index is 13.0. The van der Waals surface area contributed by atoms with E-state index in [1.54, 1.807) is 6.92 Å². The van der Waals surface area contributed by atoms with Crippen molar-refractivity contribution in [3.8, 4) is 11.6 Å². The number of hydrogen-bond donors (Lipinski definition) is 1. The Bertz CT molecular complexity index is 1030. The first-order valence-electron chi connectivity index (χ1n) is 10.2. The van der Waals surface area contributed by atoms with Gasteiger partial charge in [-0.3, -0.25) is 4.79 Å². The first kappa shape index (κ1) is 22.0. The number of ether oxygens (including phenoxy) is 1. The molecule has 1 aromatic carbocycles. The second-order valence-corrected chi connectivity index (χ2v) is 9.79. The molecule has 6 nitrogen and oxygen atoms in total. The van der Waals surface area contributed by atoms with E-state index in [4.69, 9.17) is 9.72 Å². The number of rotatable bonds is 7. The molecule has 0 aliphatic heterocycles. The summed E-state index contributed by atoms with van der Waals surface area (Å²) in [5.74, 6) is 0.896. The maximum atomic E-state index is 13.0. The highest BCUT2D eigenvalue weighted by atomic mass is 32.2. The Morgan fingerprint density at radius 2 is 1.90 bits per heavy atom. The molecule has 3 rings (SSSR count). The van der Waals surface area contributed by atoms with Gasteiger partial charge in [-0.1, -0.05) is 37.1 Å². The van der Waals surface area contributed by atoms with Gasteiger partial charge in [0, 0.05) is 23.6 Å². The molecule has 1 aliphatic rings. The van der Waals surface area contributed by atoms with Gasteiger partial charge < -0.3 is 10.1 Å². The fourth-order valence-corrected chi connectivity index (χ4v) is 4.18. The number of aryl methyl sites for hydroxylation is 1. The van der Waals surface area contributed by atoms with Gasteiger partial charge in [-0.2, -0.15) is 0 Å². The Morgan fingerprint density at radius 1 is 1.23 bits per heavy atom. The fraction of sp³-hybridized carbons (Fsp3) is 0.391. The van der Waals surface area contributed by atoms with Gasteiger partial charge in [-0.15, -0.1) is 0 Å². The average molecular weight is 429 g/mol. The summed E-state index contributed by atoms with van der Waals surface area (Å²) in [5.41, 5.74) is 2.28.